The highest BCUT2D eigenvalue weighted by Gasteiger charge is 2.67. The molecule has 0 unspecified atom stereocenters. The van der Waals surface area contributed by atoms with E-state index in [9.17, 15) is 4.79 Å². The number of ether oxygens (including phenoxy) is 1. The number of nitrogens with zero attached hydrogens (tertiary/aromatic N) is 2. The maximum absolute atomic E-state index is 12.0. The molecule has 0 N–H and O–H groups in total. The molecular weight excluding hydrogens is 216 g/mol. The Kier molecular flexibility index (Phi) is 2.54. The van der Waals surface area contributed by atoms with Gasteiger partial charge in [0.2, 0.25) is 0 Å². The van der Waals surface area contributed by atoms with Crippen molar-refractivity contribution in [3.8, 4) is 0 Å². The standard InChI is InChI=1S/C13H22N2O2/c1-9(2)10-7-8-12(3)13(10,4)15(14(5)6)11(16)17-12/h10H,1,7-8H2,2-6H3/t10-,12+,13-/m0/s1. The van der Waals surface area contributed by atoms with Crippen LogP contribution in [-0.2, 0) is 4.74 Å². The topological polar surface area (TPSA) is 32.8 Å². The first-order chi connectivity index (χ1) is 7.74. The van der Waals surface area contributed by atoms with E-state index in [0.29, 0.717) is 5.92 Å². The zero-order valence-electron chi connectivity index (χ0n) is 11.4. The Hall–Kier alpha value is -1.03. The fourth-order valence-corrected chi connectivity index (χ4v) is 3.58. The van der Waals surface area contributed by atoms with E-state index in [4.69, 9.17) is 4.74 Å². The fourth-order valence-electron chi connectivity index (χ4n) is 3.58. The van der Waals surface area contributed by atoms with Crippen LogP contribution in [0.25, 0.3) is 0 Å². The maximum Gasteiger partial charge on any atom is 0.425 e. The van der Waals surface area contributed by atoms with Crippen molar-refractivity contribution in [2.24, 2.45) is 5.92 Å². The van der Waals surface area contributed by atoms with E-state index in [1.165, 1.54) is 0 Å². The molecule has 0 radical (unpaired) electrons. The summed E-state index contributed by atoms with van der Waals surface area (Å²) in [6.07, 6.45) is 1.68. The van der Waals surface area contributed by atoms with Crippen molar-refractivity contribution in [2.75, 3.05) is 14.1 Å². The third kappa shape index (κ3) is 1.36. The number of hydrogen-bond acceptors (Lipinski definition) is 3. The molecule has 1 heterocycles. The van der Waals surface area contributed by atoms with Gasteiger partial charge in [-0.3, -0.25) is 0 Å². The molecule has 2 fully saturated rings. The highest BCUT2D eigenvalue weighted by molar-refractivity contribution is 5.73. The lowest BCUT2D eigenvalue weighted by molar-refractivity contribution is -0.0429. The third-order valence-electron chi connectivity index (χ3n) is 4.58. The van der Waals surface area contributed by atoms with Crippen LogP contribution >= 0.6 is 0 Å². The molecule has 1 aliphatic heterocycles. The first-order valence-electron chi connectivity index (χ1n) is 6.10. The Bertz CT molecular complexity index is 380. The molecule has 2 rings (SSSR count). The Morgan fingerprint density at radius 2 is 2.12 bits per heavy atom. The minimum absolute atomic E-state index is 0.244. The number of rotatable bonds is 2. The molecule has 0 aromatic heterocycles. The van der Waals surface area contributed by atoms with Crippen LogP contribution in [0.1, 0.15) is 33.6 Å². The van der Waals surface area contributed by atoms with Crippen molar-refractivity contribution in [3.63, 3.8) is 0 Å². The molecule has 0 aromatic carbocycles. The van der Waals surface area contributed by atoms with Crippen molar-refractivity contribution in [1.29, 1.82) is 0 Å². The van der Waals surface area contributed by atoms with E-state index < -0.39 is 5.60 Å². The molecule has 96 valence electrons. The van der Waals surface area contributed by atoms with Crippen LogP contribution in [0.2, 0.25) is 0 Å². The van der Waals surface area contributed by atoms with Crippen molar-refractivity contribution in [1.82, 2.24) is 10.0 Å². The molecule has 1 amide bonds. The second-order valence-corrected chi connectivity index (χ2v) is 5.84. The molecule has 4 heteroatoms. The lowest BCUT2D eigenvalue weighted by atomic mass is 9.77. The summed E-state index contributed by atoms with van der Waals surface area (Å²) in [7, 11) is 3.76. The number of carbonyl (C=O) groups excluding carboxylic acids is 1. The normalized spacial score (nSPS) is 40.7. The summed E-state index contributed by atoms with van der Waals surface area (Å²) in [5.74, 6) is 0.293. The van der Waals surface area contributed by atoms with Gasteiger partial charge >= 0.3 is 6.09 Å². The zero-order valence-corrected chi connectivity index (χ0v) is 11.4. The van der Waals surface area contributed by atoms with Crippen LogP contribution in [0, 0.1) is 5.92 Å². The van der Waals surface area contributed by atoms with Gasteiger partial charge in [0.25, 0.3) is 0 Å². The molecule has 2 aliphatic rings. The predicted octanol–water partition coefficient (Wildman–Crippen LogP) is 2.42. The maximum atomic E-state index is 12.0. The van der Waals surface area contributed by atoms with E-state index in [1.54, 1.807) is 5.01 Å². The minimum Gasteiger partial charge on any atom is -0.440 e. The molecule has 4 nitrogen and oxygen atoms in total. The third-order valence-corrected chi connectivity index (χ3v) is 4.58. The molecule has 1 aliphatic carbocycles. The van der Waals surface area contributed by atoms with E-state index >= 15 is 0 Å². The van der Waals surface area contributed by atoms with Gasteiger partial charge in [0.05, 0.1) is 0 Å². The summed E-state index contributed by atoms with van der Waals surface area (Å²) >= 11 is 0. The second-order valence-electron chi connectivity index (χ2n) is 5.84. The SMILES string of the molecule is C=C(C)[C@@H]1CC[C@@]2(C)OC(=O)N(N(C)C)[C@@]12C. The molecule has 1 saturated carbocycles. The lowest BCUT2D eigenvalue weighted by Gasteiger charge is -2.43. The Labute approximate surface area is 103 Å². The summed E-state index contributed by atoms with van der Waals surface area (Å²) in [6, 6.07) is 0. The van der Waals surface area contributed by atoms with Crippen LogP contribution in [-0.4, -0.2) is 41.3 Å². The van der Waals surface area contributed by atoms with Crippen molar-refractivity contribution in [3.05, 3.63) is 12.2 Å². The van der Waals surface area contributed by atoms with Gasteiger partial charge < -0.3 is 4.74 Å². The van der Waals surface area contributed by atoms with Gasteiger partial charge in [0.15, 0.2) is 0 Å². The van der Waals surface area contributed by atoms with E-state index in [0.717, 1.165) is 18.4 Å². The van der Waals surface area contributed by atoms with E-state index in [1.807, 2.05) is 33.0 Å². The molecule has 0 spiro atoms. The smallest absolute Gasteiger partial charge is 0.425 e. The number of fused-ring (bicyclic) bond motifs is 1. The van der Waals surface area contributed by atoms with Crippen molar-refractivity contribution >= 4 is 6.09 Å². The largest absolute Gasteiger partial charge is 0.440 e. The summed E-state index contributed by atoms with van der Waals surface area (Å²) in [4.78, 5) is 12.0. The van der Waals surface area contributed by atoms with Crippen LogP contribution in [0.5, 0.6) is 0 Å². The van der Waals surface area contributed by atoms with Crippen LogP contribution in [0.15, 0.2) is 12.2 Å². The quantitative estimate of drug-likeness (QED) is 0.693. The first-order valence-corrected chi connectivity index (χ1v) is 6.10. The van der Waals surface area contributed by atoms with Crippen molar-refractivity contribution in [2.45, 2.75) is 44.8 Å². The molecule has 17 heavy (non-hydrogen) atoms. The minimum atomic E-state index is -0.405. The predicted molar refractivity (Wildman–Crippen MR) is 66.4 cm³/mol. The monoisotopic (exact) mass is 238 g/mol. The zero-order chi connectivity index (χ0) is 13.0. The van der Waals surface area contributed by atoms with Crippen LogP contribution in [0.4, 0.5) is 4.79 Å². The molecule has 3 atom stereocenters. The molecule has 1 saturated heterocycles. The Morgan fingerprint density at radius 3 is 2.59 bits per heavy atom. The number of amides is 1. The number of hydrazine groups is 1. The van der Waals surface area contributed by atoms with Gasteiger partial charge in [0.1, 0.15) is 11.1 Å². The first kappa shape index (κ1) is 12.4. The molecule has 0 bridgehead atoms. The van der Waals surface area contributed by atoms with Crippen LogP contribution < -0.4 is 0 Å². The lowest BCUT2D eigenvalue weighted by Crippen LogP contribution is -2.59. The number of carbonyl (C=O) groups is 1. The van der Waals surface area contributed by atoms with Gasteiger partial charge in [-0.05, 0) is 33.6 Å². The van der Waals surface area contributed by atoms with Gasteiger partial charge in [-0.1, -0.05) is 12.2 Å². The highest BCUT2D eigenvalue weighted by Crippen LogP contribution is 2.55. The summed E-state index contributed by atoms with van der Waals surface area (Å²) in [6.45, 7) is 10.3. The Morgan fingerprint density at radius 1 is 1.53 bits per heavy atom. The second kappa shape index (κ2) is 3.48. The summed E-state index contributed by atoms with van der Waals surface area (Å²) in [5.41, 5.74) is 0.401. The van der Waals surface area contributed by atoms with Gasteiger partial charge in [0, 0.05) is 20.0 Å². The highest BCUT2D eigenvalue weighted by atomic mass is 16.6. The molecule has 0 aromatic rings. The van der Waals surface area contributed by atoms with Gasteiger partial charge in [-0.15, -0.1) is 0 Å². The average molecular weight is 238 g/mol. The van der Waals surface area contributed by atoms with Crippen LogP contribution in [0.3, 0.4) is 0 Å². The molecular formula is C13H22N2O2. The van der Waals surface area contributed by atoms with Gasteiger partial charge in [-0.2, -0.15) is 0 Å². The van der Waals surface area contributed by atoms with E-state index in [2.05, 4.69) is 13.5 Å². The van der Waals surface area contributed by atoms with E-state index in [-0.39, 0.29) is 11.6 Å². The fraction of sp³-hybridized carbons (Fsp3) is 0.769. The van der Waals surface area contributed by atoms with Crippen molar-refractivity contribution < 1.29 is 9.53 Å². The number of hydrogen-bond donors (Lipinski definition) is 0. The summed E-state index contributed by atoms with van der Waals surface area (Å²) < 4.78 is 5.63. The summed E-state index contributed by atoms with van der Waals surface area (Å²) in [5, 5.41) is 3.58. The average Bonchev–Trinajstić information content (AvgIpc) is 2.48. The Balaban J connectivity index is 2.50. The van der Waals surface area contributed by atoms with Gasteiger partial charge in [-0.25, -0.2) is 14.8 Å².